The minimum Gasteiger partial charge on any atom is -0.451 e. The van der Waals surface area contributed by atoms with E-state index in [1.54, 1.807) is 30.4 Å². The predicted molar refractivity (Wildman–Crippen MR) is 99.0 cm³/mol. The Balaban J connectivity index is 1.43. The number of aromatic nitrogens is 3. The van der Waals surface area contributed by atoms with E-state index in [1.165, 1.54) is 23.5 Å². The fraction of sp³-hybridized carbons (Fsp3) is 0.111. The molecular formula is C18H12FN3O3S2. The highest BCUT2D eigenvalue weighted by molar-refractivity contribution is 7.17. The SMILES string of the molecule is Cc1nc(-c2ccsc2)sc1C(=O)OCc1nc(-c2ccc(F)cc2)no1. The summed E-state index contributed by atoms with van der Waals surface area (Å²) in [6, 6.07) is 7.66. The maximum atomic E-state index is 13.0. The number of ether oxygens (including phenoxy) is 1. The molecule has 0 fully saturated rings. The Bertz CT molecular complexity index is 1070. The van der Waals surface area contributed by atoms with Gasteiger partial charge >= 0.3 is 5.97 Å². The van der Waals surface area contributed by atoms with Crippen LogP contribution in [0.15, 0.2) is 45.6 Å². The largest absolute Gasteiger partial charge is 0.451 e. The molecular weight excluding hydrogens is 389 g/mol. The van der Waals surface area contributed by atoms with Crippen LogP contribution in [0.5, 0.6) is 0 Å². The lowest BCUT2D eigenvalue weighted by Crippen LogP contribution is -2.05. The van der Waals surface area contributed by atoms with Gasteiger partial charge < -0.3 is 9.26 Å². The molecule has 136 valence electrons. The zero-order valence-corrected chi connectivity index (χ0v) is 15.6. The normalized spacial score (nSPS) is 10.9. The fourth-order valence-corrected chi connectivity index (χ4v) is 3.99. The van der Waals surface area contributed by atoms with Crippen LogP contribution < -0.4 is 0 Å². The molecule has 0 bridgehead atoms. The Labute approximate surface area is 161 Å². The van der Waals surface area contributed by atoms with Crippen molar-refractivity contribution in [3.05, 3.63) is 63.4 Å². The monoisotopic (exact) mass is 401 g/mol. The van der Waals surface area contributed by atoms with Gasteiger partial charge in [-0.25, -0.2) is 14.2 Å². The summed E-state index contributed by atoms with van der Waals surface area (Å²) in [4.78, 5) is 21.4. The van der Waals surface area contributed by atoms with Crippen LogP contribution in [0.4, 0.5) is 4.39 Å². The lowest BCUT2D eigenvalue weighted by molar-refractivity contribution is 0.0434. The van der Waals surface area contributed by atoms with Gasteiger partial charge in [0, 0.05) is 16.5 Å². The van der Waals surface area contributed by atoms with E-state index in [-0.39, 0.29) is 18.3 Å². The first-order chi connectivity index (χ1) is 13.1. The van der Waals surface area contributed by atoms with Crippen LogP contribution in [-0.4, -0.2) is 21.1 Å². The maximum Gasteiger partial charge on any atom is 0.350 e. The van der Waals surface area contributed by atoms with E-state index in [0.717, 1.165) is 10.6 Å². The van der Waals surface area contributed by atoms with E-state index in [2.05, 4.69) is 15.1 Å². The molecule has 3 heterocycles. The van der Waals surface area contributed by atoms with Gasteiger partial charge in [-0.15, -0.1) is 11.3 Å². The number of rotatable bonds is 5. The lowest BCUT2D eigenvalue weighted by Gasteiger charge is -1.99. The number of aryl methyl sites for hydroxylation is 1. The molecule has 0 atom stereocenters. The number of nitrogens with zero attached hydrogens (tertiary/aromatic N) is 3. The highest BCUT2D eigenvalue weighted by atomic mass is 32.1. The van der Waals surface area contributed by atoms with Crippen LogP contribution in [-0.2, 0) is 11.3 Å². The quantitative estimate of drug-likeness (QED) is 0.450. The van der Waals surface area contributed by atoms with Gasteiger partial charge in [-0.3, -0.25) is 0 Å². The Hall–Kier alpha value is -2.91. The number of carbonyl (C=O) groups is 1. The van der Waals surface area contributed by atoms with Crippen LogP contribution in [0, 0.1) is 12.7 Å². The van der Waals surface area contributed by atoms with Crippen molar-refractivity contribution < 1.29 is 18.4 Å². The minimum atomic E-state index is -0.493. The number of esters is 1. The average molecular weight is 401 g/mol. The molecule has 0 amide bonds. The number of hydrogen-bond donors (Lipinski definition) is 0. The summed E-state index contributed by atoms with van der Waals surface area (Å²) >= 11 is 2.85. The number of thiophene rings is 1. The van der Waals surface area contributed by atoms with E-state index in [4.69, 9.17) is 9.26 Å². The molecule has 0 spiro atoms. The molecule has 0 saturated heterocycles. The molecule has 3 aromatic heterocycles. The highest BCUT2D eigenvalue weighted by Gasteiger charge is 2.19. The van der Waals surface area contributed by atoms with Gasteiger partial charge in [-0.2, -0.15) is 16.3 Å². The van der Waals surface area contributed by atoms with Crippen molar-refractivity contribution in [1.82, 2.24) is 15.1 Å². The highest BCUT2D eigenvalue weighted by Crippen LogP contribution is 2.30. The second-order valence-electron chi connectivity index (χ2n) is 5.54. The van der Waals surface area contributed by atoms with Gasteiger partial charge in [0.15, 0.2) is 6.61 Å². The second-order valence-corrected chi connectivity index (χ2v) is 7.32. The molecule has 0 unspecified atom stereocenters. The Kier molecular flexibility index (Phi) is 4.78. The summed E-state index contributed by atoms with van der Waals surface area (Å²) in [5, 5.41) is 8.52. The summed E-state index contributed by atoms with van der Waals surface area (Å²) in [5.74, 6) is -0.385. The molecule has 4 rings (SSSR count). The Morgan fingerprint density at radius 1 is 1.19 bits per heavy atom. The molecule has 0 aliphatic rings. The topological polar surface area (TPSA) is 78.1 Å². The zero-order valence-electron chi connectivity index (χ0n) is 14.0. The smallest absolute Gasteiger partial charge is 0.350 e. The van der Waals surface area contributed by atoms with Crippen molar-refractivity contribution >= 4 is 28.6 Å². The van der Waals surface area contributed by atoms with E-state index in [0.29, 0.717) is 22.0 Å². The van der Waals surface area contributed by atoms with Crippen LogP contribution >= 0.6 is 22.7 Å². The Morgan fingerprint density at radius 3 is 2.74 bits per heavy atom. The average Bonchev–Trinajstić information content (AvgIpc) is 3.41. The first-order valence-electron chi connectivity index (χ1n) is 7.86. The molecule has 9 heteroatoms. The summed E-state index contributed by atoms with van der Waals surface area (Å²) in [6.07, 6.45) is 0. The maximum absolute atomic E-state index is 13.0. The van der Waals surface area contributed by atoms with Gasteiger partial charge in [-0.05, 0) is 42.6 Å². The summed E-state index contributed by atoms with van der Waals surface area (Å²) in [6.45, 7) is 1.61. The van der Waals surface area contributed by atoms with Crippen molar-refractivity contribution in [2.24, 2.45) is 0 Å². The first-order valence-corrected chi connectivity index (χ1v) is 9.62. The zero-order chi connectivity index (χ0) is 18.8. The van der Waals surface area contributed by atoms with E-state index in [1.807, 2.05) is 16.8 Å². The molecule has 4 aromatic rings. The van der Waals surface area contributed by atoms with Crippen molar-refractivity contribution in [2.75, 3.05) is 0 Å². The summed E-state index contributed by atoms with van der Waals surface area (Å²) < 4.78 is 23.3. The number of hydrogen-bond acceptors (Lipinski definition) is 8. The van der Waals surface area contributed by atoms with Crippen molar-refractivity contribution in [3.8, 4) is 22.0 Å². The van der Waals surface area contributed by atoms with Gasteiger partial charge in [-0.1, -0.05) is 5.16 Å². The third kappa shape index (κ3) is 3.79. The molecule has 1 aromatic carbocycles. The van der Waals surface area contributed by atoms with E-state index in [9.17, 15) is 9.18 Å². The number of halogens is 1. The first kappa shape index (κ1) is 17.5. The van der Waals surface area contributed by atoms with Crippen molar-refractivity contribution in [3.63, 3.8) is 0 Å². The molecule has 0 aliphatic heterocycles. The van der Waals surface area contributed by atoms with Crippen LogP contribution in [0.2, 0.25) is 0 Å². The van der Waals surface area contributed by atoms with Crippen LogP contribution in [0.1, 0.15) is 21.3 Å². The molecule has 0 aliphatic carbocycles. The van der Waals surface area contributed by atoms with Crippen molar-refractivity contribution in [1.29, 1.82) is 0 Å². The summed E-state index contributed by atoms with van der Waals surface area (Å²) in [7, 11) is 0. The molecule has 0 N–H and O–H groups in total. The number of thiazole rings is 1. The second kappa shape index (κ2) is 7.37. The molecule has 6 nitrogen and oxygen atoms in total. The fourth-order valence-electron chi connectivity index (χ4n) is 2.32. The van der Waals surface area contributed by atoms with Gasteiger partial charge in [0.25, 0.3) is 5.89 Å². The Morgan fingerprint density at radius 2 is 2.00 bits per heavy atom. The molecule has 0 saturated carbocycles. The van der Waals surface area contributed by atoms with Crippen molar-refractivity contribution in [2.45, 2.75) is 13.5 Å². The minimum absolute atomic E-state index is 0.155. The van der Waals surface area contributed by atoms with E-state index >= 15 is 0 Å². The summed E-state index contributed by atoms with van der Waals surface area (Å²) in [5.41, 5.74) is 2.20. The molecule has 27 heavy (non-hydrogen) atoms. The van der Waals surface area contributed by atoms with Crippen LogP contribution in [0.3, 0.4) is 0 Å². The standard InChI is InChI=1S/C18H12FN3O3S2/c1-10-15(27-17(20-10)12-6-7-26-9-12)18(23)24-8-14-21-16(22-25-14)11-2-4-13(19)5-3-11/h2-7,9H,8H2,1H3. The molecule has 0 radical (unpaired) electrons. The van der Waals surface area contributed by atoms with Gasteiger partial charge in [0.2, 0.25) is 5.82 Å². The van der Waals surface area contributed by atoms with Crippen LogP contribution in [0.25, 0.3) is 22.0 Å². The number of carbonyl (C=O) groups excluding carboxylic acids is 1. The number of benzene rings is 1. The third-order valence-corrected chi connectivity index (χ3v) is 5.52. The van der Waals surface area contributed by atoms with E-state index < -0.39 is 5.97 Å². The predicted octanol–water partition coefficient (Wildman–Crippen LogP) is 4.73. The van der Waals surface area contributed by atoms with Gasteiger partial charge in [0.05, 0.1) is 5.69 Å². The third-order valence-electron chi connectivity index (χ3n) is 3.65. The van der Waals surface area contributed by atoms with Gasteiger partial charge in [0.1, 0.15) is 15.7 Å². The lowest BCUT2D eigenvalue weighted by atomic mass is 10.2.